The summed E-state index contributed by atoms with van der Waals surface area (Å²) in [6.07, 6.45) is 24.1. The zero-order valence-corrected chi connectivity index (χ0v) is 31.6. The monoisotopic (exact) mass is 710 g/mol. The summed E-state index contributed by atoms with van der Waals surface area (Å²) in [6, 6.07) is 5.72. The van der Waals surface area contributed by atoms with Gasteiger partial charge in [0.25, 0.3) is 0 Å². The lowest BCUT2D eigenvalue weighted by Gasteiger charge is -2.41. The Labute approximate surface area is 307 Å². The van der Waals surface area contributed by atoms with Crippen LogP contribution in [0.4, 0.5) is 4.39 Å². The first-order valence-electron chi connectivity index (χ1n) is 20.4. The van der Waals surface area contributed by atoms with Gasteiger partial charge in [-0.2, -0.15) is 0 Å². The molecule has 0 aromatic heterocycles. The van der Waals surface area contributed by atoms with E-state index < -0.39 is 25.2 Å². The van der Waals surface area contributed by atoms with Crippen LogP contribution in [0.15, 0.2) is 42.5 Å². The lowest BCUT2D eigenvalue weighted by Crippen LogP contribution is -2.29. The molecule has 51 heavy (non-hydrogen) atoms. The third-order valence-corrected chi connectivity index (χ3v) is 12.8. The number of ether oxygens (including phenoxy) is 2. The van der Waals surface area contributed by atoms with E-state index in [2.05, 4.69) is 20.1 Å². The fraction of sp³-hybridized carbons (Fsp3) is 0.727. The van der Waals surface area contributed by atoms with Crippen molar-refractivity contribution in [3.05, 3.63) is 59.4 Å². The van der Waals surface area contributed by atoms with Gasteiger partial charge in [-0.3, -0.25) is 0 Å². The minimum Gasteiger partial charge on any atom is -0.462 e. The van der Waals surface area contributed by atoms with Crippen molar-refractivity contribution in [2.24, 2.45) is 29.6 Å². The molecule has 0 bridgehead atoms. The van der Waals surface area contributed by atoms with Crippen molar-refractivity contribution in [2.75, 3.05) is 26.4 Å². The summed E-state index contributed by atoms with van der Waals surface area (Å²) < 4.78 is 26.3. The largest absolute Gasteiger partial charge is 0.462 e. The Morgan fingerprint density at radius 2 is 1.20 bits per heavy atom. The summed E-state index contributed by atoms with van der Waals surface area (Å²) in [6.45, 7) is 8.75. The Morgan fingerprint density at radius 1 is 0.725 bits per heavy atom. The van der Waals surface area contributed by atoms with Crippen LogP contribution < -0.4 is 0 Å². The molecule has 0 spiro atoms. The molecule has 0 amide bonds. The van der Waals surface area contributed by atoms with Gasteiger partial charge < -0.3 is 19.7 Å². The van der Waals surface area contributed by atoms with E-state index in [1.165, 1.54) is 89.9 Å². The van der Waals surface area contributed by atoms with E-state index >= 15 is 4.39 Å². The molecule has 286 valence electrons. The quantitative estimate of drug-likeness (QED) is 0.0795. The molecule has 3 fully saturated rings. The first kappa shape index (κ1) is 41.2. The van der Waals surface area contributed by atoms with E-state index in [4.69, 9.17) is 19.7 Å². The first-order chi connectivity index (χ1) is 24.7. The molecule has 7 heteroatoms. The number of carbonyl (C=O) groups is 2. The van der Waals surface area contributed by atoms with Crippen LogP contribution in [-0.2, 0) is 19.1 Å². The summed E-state index contributed by atoms with van der Waals surface area (Å²) in [4.78, 5) is 23.8. The number of rotatable bonds is 20. The summed E-state index contributed by atoms with van der Waals surface area (Å²) in [7, 11) is 0. The molecule has 0 heterocycles. The number of benzene rings is 1. The molecule has 0 unspecified atom stereocenters. The highest BCUT2D eigenvalue weighted by Crippen LogP contribution is 2.48. The molecule has 6 nitrogen and oxygen atoms in total. The number of aliphatic hydroxyl groups is 2. The second kappa shape index (κ2) is 21.9. The van der Waals surface area contributed by atoms with Crippen molar-refractivity contribution >= 4 is 11.9 Å². The predicted molar refractivity (Wildman–Crippen MR) is 202 cm³/mol. The molecule has 0 atom stereocenters. The zero-order valence-electron chi connectivity index (χ0n) is 31.6. The molecule has 0 aliphatic heterocycles. The fourth-order valence-corrected chi connectivity index (χ4v) is 9.55. The Bertz CT molecular complexity index is 1200. The average Bonchev–Trinajstić information content (AvgIpc) is 3.16. The minimum absolute atomic E-state index is 0.0116. The molecule has 0 radical (unpaired) electrons. The van der Waals surface area contributed by atoms with E-state index in [-0.39, 0.29) is 42.0 Å². The van der Waals surface area contributed by atoms with E-state index in [0.29, 0.717) is 25.7 Å². The van der Waals surface area contributed by atoms with Crippen molar-refractivity contribution in [2.45, 2.75) is 147 Å². The highest BCUT2D eigenvalue weighted by molar-refractivity contribution is 5.88. The van der Waals surface area contributed by atoms with Crippen LogP contribution in [0.3, 0.4) is 0 Å². The van der Waals surface area contributed by atoms with Gasteiger partial charge in [0.1, 0.15) is 5.82 Å². The molecular weight excluding hydrogens is 643 g/mol. The van der Waals surface area contributed by atoms with Crippen LogP contribution >= 0.6 is 0 Å². The van der Waals surface area contributed by atoms with Gasteiger partial charge in [-0.15, -0.1) is 0 Å². The lowest BCUT2D eigenvalue weighted by atomic mass is 9.64. The molecular formula is C44H67FO6. The van der Waals surface area contributed by atoms with Gasteiger partial charge in [0.15, 0.2) is 0 Å². The Kier molecular flexibility index (Phi) is 17.7. The smallest absolute Gasteiger partial charge is 0.335 e. The van der Waals surface area contributed by atoms with Gasteiger partial charge in [-0.05, 0) is 149 Å². The maximum atomic E-state index is 15.8. The average molecular weight is 711 g/mol. The zero-order chi connectivity index (χ0) is 36.6. The van der Waals surface area contributed by atoms with E-state index in [1.807, 2.05) is 12.1 Å². The van der Waals surface area contributed by atoms with Crippen LogP contribution in [0.1, 0.15) is 158 Å². The molecule has 3 aliphatic carbocycles. The number of carbonyl (C=O) groups excluding carboxylic acids is 2. The third-order valence-electron chi connectivity index (χ3n) is 12.8. The first-order valence-corrected chi connectivity index (χ1v) is 20.4. The molecule has 3 saturated carbocycles. The van der Waals surface area contributed by atoms with Crippen LogP contribution in [0.25, 0.3) is 0 Å². The summed E-state index contributed by atoms with van der Waals surface area (Å²) in [5, 5.41) is 18.2. The van der Waals surface area contributed by atoms with Gasteiger partial charge in [-0.1, -0.05) is 70.7 Å². The molecule has 4 rings (SSSR count). The standard InChI is InChI=1S/C44H67FO6/c1-4-5-6-9-33-12-14-35(15-13-33)36-16-18-37(19-17-36)38-20-22-39(23-21-38)41-25-24-40(28-42(41)45)34(10-7-26-50-43(48)31(2)29-46)11-8-27-51-44(49)32(3)30-47/h24-25,28,33-39,46-47H,2-23,26-27,29-30H2,1H3. The second-order valence-corrected chi connectivity index (χ2v) is 16.1. The molecule has 2 N–H and O–H groups in total. The van der Waals surface area contributed by atoms with E-state index in [0.717, 1.165) is 53.6 Å². The highest BCUT2D eigenvalue weighted by Gasteiger charge is 2.35. The number of hydrogen-bond donors (Lipinski definition) is 2. The topological polar surface area (TPSA) is 93.1 Å². The fourth-order valence-electron chi connectivity index (χ4n) is 9.55. The number of esters is 2. The van der Waals surface area contributed by atoms with Crippen LogP contribution in [-0.4, -0.2) is 48.6 Å². The summed E-state index contributed by atoms with van der Waals surface area (Å²) in [5.41, 5.74) is 1.75. The highest BCUT2D eigenvalue weighted by atomic mass is 19.1. The van der Waals surface area contributed by atoms with Crippen LogP contribution in [0.2, 0.25) is 0 Å². The van der Waals surface area contributed by atoms with Crippen molar-refractivity contribution in [3.8, 4) is 0 Å². The lowest BCUT2D eigenvalue weighted by molar-refractivity contribution is -0.140. The van der Waals surface area contributed by atoms with Gasteiger partial charge >= 0.3 is 11.9 Å². The third kappa shape index (κ3) is 12.8. The normalized spacial score (nSPS) is 25.4. The molecule has 1 aromatic rings. The van der Waals surface area contributed by atoms with Crippen molar-refractivity contribution < 1.29 is 33.7 Å². The predicted octanol–water partition coefficient (Wildman–Crippen LogP) is 10.1. The number of hydrogen-bond acceptors (Lipinski definition) is 6. The minimum atomic E-state index is -0.617. The molecule has 3 aliphatic rings. The van der Waals surface area contributed by atoms with Crippen molar-refractivity contribution in [1.82, 2.24) is 0 Å². The van der Waals surface area contributed by atoms with Gasteiger partial charge in [0, 0.05) is 0 Å². The maximum absolute atomic E-state index is 15.8. The number of unbranched alkanes of at least 4 members (excludes halogenated alkanes) is 2. The Morgan fingerprint density at radius 3 is 1.65 bits per heavy atom. The second-order valence-electron chi connectivity index (χ2n) is 16.1. The summed E-state index contributed by atoms with van der Waals surface area (Å²) in [5.74, 6) is 3.42. The van der Waals surface area contributed by atoms with Gasteiger partial charge in [-0.25, -0.2) is 14.0 Å². The number of aliphatic hydroxyl groups excluding tert-OH is 2. The van der Waals surface area contributed by atoms with Gasteiger partial charge in [0.2, 0.25) is 0 Å². The number of halogens is 1. The van der Waals surface area contributed by atoms with Crippen molar-refractivity contribution in [1.29, 1.82) is 0 Å². The molecule has 0 saturated heterocycles. The molecule has 1 aromatic carbocycles. The van der Waals surface area contributed by atoms with Crippen molar-refractivity contribution in [3.63, 3.8) is 0 Å². The van der Waals surface area contributed by atoms with E-state index in [1.54, 1.807) is 6.07 Å². The van der Waals surface area contributed by atoms with Gasteiger partial charge in [0.05, 0.1) is 37.6 Å². The summed E-state index contributed by atoms with van der Waals surface area (Å²) >= 11 is 0. The Balaban J connectivity index is 1.24. The SMILES string of the molecule is C=C(CO)C(=O)OCCCC(CCCOC(=O)C(=C)CO)c1ccc(C2CCC(C3CCC(C4CCC(CCCCC)CC4)CC3)CC2)c(F)c1. The van der Waals surface area contributed by atoms with Crippen LogP contribution in [0.5, 0.6) is 0 Å². The van der Waals surface area contributed by atoms with E-state index in [9.17, 15) is 9.59 Å². The Hall–Kier alpha value is -2.51. The maximum Gasteiger partial charge on any atom is 0.335 e. The van der Waals surface area contributed by atoms with Crippen LogP contribution in [0, 0.1) is 35.4 Å².